The van der Waals surface area contributed by atoms with Crippen LogP contribution < -0.4 is 0 Å². The first kappa shape index (κ1) is 15.1. The van der Waals surface area contributed by atoms with E-state index < -0.39 is 10.8 Å². The number of allylic oxidation sites excluding steroid dienone is 1. The zero-order valence-corrected chi connectivity index (χ0v) is 12.2. The number of benzene rings is 1. The summed E-state index contributed by atoms with van der Waals surface area (Å²) in [6, 6.07) is 9.29. The van der Waals surface area contributed by atoms with Crippen molar-refractivity contribution >= 4 is 16.6 Å². The monoisotopic (exact) mass is 292 g/mol. The first-order valence-electron chi connectivity index (χ1n) is 6.97. The van der Waals surface area contributed by atoms with Crippen LogP contribution in [-0.4, -0.2) is 21.7 Å². The second kappa shape index (κ2) is 7.50. The minimum absolute atomic E-state index is 0.0949. The molecule has 0 bridgehead atoms. The molecule has 1 aromatic carbocycles. The van der Waals surface area contributed by atoms with Crippen molar-refractivity contribution in [1.82, 2.24) is 0 Å². The van der Waals surface area contributed by atoms with E-state index in [9.17, 15) is 9.00 Å². The van der Waals surface area contributed by atoms with Crippen molar-refractivity contribution in [3.8, 4) is 0 Å². The summed E-state index contributed by atoms with van der Waals surface area (Å²) in [6.45, 7) is 0.0949. The quantitative estimate of drug-likeness (QED) is 0.877. The summed E-state index contributed by atoms with van der Waals surface area (Å²) in [6.07, 6.45) is 4.66. The molecule has 0 spiro atoms. The molecule has 2 rings (SSSR count). The van der Waals surface area contributed by atoms with Gasteiger partial charge in [0.05, 0.1) is 10.8 Å². The number of Topliss-reactive ketones (excluding diaryl/α,β-unsaturated/α-hetero) is 1. The Morgan fingerprint density at radius 2 is 2.10 bits per heavy atom. The number of ketones is 1. The lowest BCUT2D eigenvalue weighted by Gasteiger charge is -2.18. The molecular weight excluding hydrogens is 272 g/mol. The predicted molar refractivity (Wildman–Crippen MR) is 79.5 cm³/mol. The molecule has 1 aromatic rings. The largest absolute Gasteiger partial charge is 0.396 e. The molecule has 1 unspecified atom stereocenters. The van der Waals surface area contributed by atoms with Gasteiger partial charge in [-0.2, -0.15) is 0 Å². The van der Waals surface area contributed by atoms with Crippen molar-refractivity contribution in [2.75, 3.05) is 6.61 Å². The molecule has 1 N–H and O–H groups in total. The van der Waals surface area contributed by atoms with Gasteiger partial charge in [-0.3, -0.25) is 4.79 Å². The average Bonchev–Trinajstić information content (AvgIpc) is 2.90. The highest BCUT2D eigenvalue weighted by Crippen LogP contribution is 2.32. The lowest BCUT2D eigenvalue weighted by molar-refractivity contribution is -0.117. The zero-order valence-electron chi connectivity index (χ0n) is 11.4. The van der Waals surface area contributed by atoms with Gasteiger partial charge in [-0.25, -0.2) is 4.21 Å². The van der Waals surface area contributed by atoms with E-state index in [1.807, 2.05) is 36.4 Å². The molecule has 1 fully saturated rings. The third-order valence-corrected chi connectivity index (χ3v) is 4.92. The molecule has 4 heteroatoms. The van der Waals surface area contributed by atoms with Gasteiger partial charge in [0, 0.05) is 29.8 Å². The standard InChI is InChI=1S/C16H20O3S/c17-10-8-13(14-6-7-15(18)12-14)9-11-20(19)16-4-2-1-3-5-16/h1-5,9,11,13-14,17H,6-8,10,12H2/b11-9+/t13-,14+,20?/m1/s1. The number of hydrogen-bond acceptors (Lipinski definition) is 3. The molecule has 0 aromatic heterocycles. The Bertz CT molecular complexity index is 496. The number of rotatable bonds is 6. The van der Waals surface area contributed by atoms with E-state index >= 15 is 0 Å². The highest BCUT2D eigenvalue weighted by atomic mass is 32.2. The maximum atomic E-state index is 12.1. The first-order chi connectivity index (χ1) is 9.70. The SMILES string of the molecule is O=C1CC[C@H]([C@@H](/C=C/S(=O)c2ccccc2)CCO)C1. The highest BCUT2D eigenvalue weighted by Gasteiger charge is 2.27. The molecule has 0 radical (unpaired) electrons. The van der Waals surface area contributed by atoms with Crippen LogP contribution in [-0.2, 0) is 15.6 Å². The van der Waals surface area contributed by atoms with Crippen molar-refractivity contribution in [3.63, 3.8) is 0 Å². The molecular formula is C16H20O3S. The second-order valence-electron chi connectivity index (χ2n) is 5.16. The van der Waals surface area contributed by atoms with E-state index in [0.29, 0.717) is 31.0 Å². The fourth-order valence-electron chi connectivity index (χ4n) is 2.65. The van der Waals surface area contributed by atoms with E-state index in [1.165, 1.54) is 0 Å². The van der Waals surface area contributed by atoms with Crippen molar-refractivity contribution in [2.24, 2.45) is 11.8 Å². The van der Waals surface area contributed by atoms with Crippen LogP contribution in [0.3, 0.4) is 0 Å². The Morgan fingerprint density at radius 3 is 2.70 bits per heavy atom. The van der Waals surface area contributed by atoms with Gasteiger partial charge in [0.1, 0.15) is 5.78 Å². The fourth-order valence-corrected chi connectivity index (χ4v) is 3.58. The van der Waals surface area contributed by atoms with Gasteiger partial charge in [-0.1, -0.05) is 24.3 Å². The number of aliphatic hydroxyl groups is 1. The van der Waals surface area contributed by atoms with Crippen LogP contribution in [0.2, 0.25) is 0 Å². The Kier molecular flexibility index (Phi) is 5.68. The summed E-state index contributed by atoms with van der Waals surface area (Å²) in [5.74, 6) is 0.730. The summed E-state index contributed by atoms with van der Waals surface area (Å²) in [5.41, 5.74) is 0. The van der Waals surface area contributed by atoms with Crippen molar-refractivity contribution < 1.29 is 14.1 Å². The number of carbonyl (C=O) groups is 1. The highest BCUT2D eigenvalue weighted by molar-refractivity contribution is 7.88. The second-order valence-corrected chi connectivity index (χ2v) is 6.50. The minimum atomic E-state index is -1.16. The molecule has 0 saturated heterocycles. The molecule has 0 aliphatic heterocycles. The fraction of sp³-hybridized carbons (Fsp3) is 0.438. The molecule has 1 saturated carbocycles. The summed E-state index contributed by atoms with van der Waals surface area (Å²) in [4.78, 5) is 12.1. The van der Waals surface area contributed by atoms with Gasteiger partial charge in [-0.15, -0.1) is 0 Å². The molecule has 0 heterocycles. The first-order valence-corrected chi connectivity index (χ1v) is 8.18. The number of carbonyl (C=O) groups excluding carboxylic acids is 1. The summed E-state index contributed by atoms with van der Waals surface area (Å²) < 4.78 is 12.1. The lowest BCUT2D eigenvalue weighted by atomic mass is 9.88. The Morgan fingerprint density at radius 1 is 1.35 bits per heavy atom. The van der Waals surface area contributed by atoms with Crippen LogP contribution in [0.1, 0.15) is 25.7 Å². The van der Waals surface area contributed by atoms with Gasteiger partial charge < -0.3 is 5.11 Å². The zero-order chi connectivity index (χ0) is 14.4. The average molecular weight is 292 g/mol. The molecule has 0 amide bonds. The Labute approximate surface area is 122 Å². The number of aliphatic hydroxyl groups excluding tert-OH is 1. The van der Waals surface area contributed by atoms with Gasteiger partial charge in [0.2, 0.25) is 0 Å². The summed E-state index contributed by atoms with van der Waals surface area (Å²) in [7, 11) is -1.16. The topological polar surface area (TPSA) is 54.4 Å². The van der Waals surface area contributed by atoms with Gasteiger partial charge in [-0.05, 0) is 36.8 Å². The molecule has 3 atom stereocenters. The molecule has 20 heavy (non-hydrogen) atoms. The smallest absolute Gasteiger partial charge is 0.133 e. The van der Waals surface area contributed by atoms with Crippen LogP contribution in [0.4, 0.5) is 0 Å². The Hall–Kier alpha value is -1.26. The third kappa shape index (κ3) is 4.12. The van der Waals surface area contributed by atoms with E-state index in [-0.39, 0.29) is 12.5 Å². The van der Waals surface area contributed by atoms with Crippen molar-refractivity contribution in [3.05, 3.63) is 41.8 Å². The lowest BCUT2D eigenvalue weighted by Crippen LogP contribution is -2.12. The third-order valence-electron chi connectivity index (χ3n) is 3.78. The van der Waals surface area contributed by atoms with Crippen molar-refractivity contribution in [2.45, 2.75) is 30.6 Å². The van der Waals surface area contributed by atoms with Crippen LogP contribution >= 0.6 is 0 Å². The maximum Gasteiger partial charge on any atom is 0.133 e. The van der Waals surface area contributed by atoms with Gasteiger partial charge in [0.25, 0.3) is 0 Å². The summed E-state index contributed by atoms with van der Waals surface area (Å²) >= 11 is 0. The molecule has 1 aliphatic rings. The minimum Gasteiger partial charge on any atom is -0.396 e. The predicted octanol–water partition coefficient (Wildman–Crippen LogP) is 2.68. The molecule has 1 aliphatic carbocycles. The van der Waals surface area contributed by atoms with Crippen LogP contribution in [0.15, 0.2) is 46.7 Å². The van der Waals surface area contributed by atoms with Crippen LogP contribution in [0, 0.1) is 11.8 Å². The number of hydrogen-bond donors (Lipinski definition) is 1. The van der Waals surface area contributed by atoms with E-state index in [1.54, 1.807) is 5.41 Å². The summed E-state index contributed by atoms with van der Waals surface area (Å²) in [5, 5.41) is 10.8. The van der Waals surface area contributed by atoms with Crippen LogP contribution in [0.5, 0.6) is 0 Å². The molecule has 3 nitrogen and oxygen atoms in total. The maximum absolute atomic E-state index is 12.1. The molecule has 108 valence electrons. The van der Waals surface area contributed by atoms with E-state index in [2.05, 4.69) is 0 Å². The Balaban J connectivity index is 2.02. The van der Waals surface area contributed by atoms with E-state index in [4.69, 9.17) is 5.11 Å². The normalized spacial score (nSPS) is 22.2. The van der Waals surface area contributed by atoms with Crippen molar-refractivity contribution in [1.29, 1.82) is 0 Å². The van der Waals surface area contributed by atoms with E-state index in [0.717, 1.165) is 11.3 Å². The van der Waals surface area contributed by atoms with Gasteiger partial charge in [0.15, 0.2) is 0 Å². The van der Waals surface area contributed by atoms with Crippen LogP contribution in [0.25, 0.3) is 0 Å². The van der Waals surface area contributed by atoms with Gasteiger partial charge >= 0.3 is 0 Å².